The molecule has 0 radical (unpaired) electrons. The van der Waals surface area contributed by atoms with Crippen LogP contribution in [0, 0.1) is 0 Å². The van der Waals surface area contributed by atoms with Crippen molar-refractivity contribution in [1.82, 2.24) is 10.3 Å². The number of pyridine rings is 1. The summed E-state index contributed by atoms with van der Waals surface area (Å²) in [4.78, 5) is 17.7. The number of amides is 1. The van der Waals surface area contributed by atoms with Crippen LogP contribution in [0.25, 0.3) is 6.08 Å². The van der Waals surface area contributed by atoms with Gasteiger partial charge in [0.1, 0.15) is 5.75 Å². The second-order valence-electron chi connectivity index (χ2n) is 7.04. The van der Waals surface area contributed by atoms with E-state index in [9.17, 15) is 4.79 Å². The second-order valence-corrected chi connectivity index (χ2v) is 7.45. The van der Waals surface area contributed by atoms with Crippen LogP contribution >= 0.6 is 11.6 Å². The molecule has 0 aliphatic carbocycles. The van der Waals surface area contributed by atoms with Crippen LogP contribution in [0.1, 0.15) is 38.7 Å². The van der Waals surface area contributed by atoms with Gasteiger partial charge in [0.25, 0.3) is 0 Å². The fourth-order valence-electron chi connectivity index (χ4n) is 3.21. The van der Waals surface area contributed by atoms with Crippen molar-refractivity contribution in [3.63, 3.8) is 0 Å². The van der Waals surface area contributed by atoms with E-state index in [0.29, 0.717) is 16.7 Å². The van der Waals surface area contributed by atoms with Gasteiger partial charge < -0.3 is 15.0 Å². The van der Waals surface area contributed by atoms with Crippen LogP contribution in [-0.4, -0.2) is 30.0 Å². The van der Waals surface area contributed by atoms with E-state index in [4.69, 9.17) is 16.3 Å². The first-order valence-corrected chi connectivity index (χ1v) is 10.0. The lowest BCUT2D eigenvalue weighted by Gasteiger charge is -2.29. The maximum absolute atomic E-state index is 11.0. The van der Waals surface area contributed by atoms with Gasteiger partial charge in [0.05, 0.1) is 5.02 Å². The van der Waals surface area contributed by atoms with E-state index in [1.165, 1.54) is 26.2 Å². The Morgan fingerprint density at radius 3 is 2.68 bits per heavy atom. The molecule has 1 amide bonds. The highest BCUT2D eigenvalue weighted by Gasteiger charge is 2.13. The highest BCUT2D eigenvalue weighted by molar-refractivity contribution is 6.32. The SMILES string of the molecule is CC(=O)N[C@@H](C)/C=C/c1ccc(Oc2ccc(N3CCCCC3)cc2Cl)nc1. The lowest BCUT2D eigenvalue weighted by Crippen LogP contribution is -2.29. The van der Waals surface area contributed by atoms with Gasteiger partial charge in [-0.1, -0.05) is 23.8 Å². The summed E-state index contributed by atoms with van der Waals surface area (Å²) in [5.41, 5.74) is 2.06. The largest absolute Gasteiger partial charge is 0.437 e. The molecule has 2 heterocycles. The number of hydrogen-bond acceptors (Lipinski definition) is 4. The maximum atomic E-state index is 11.0. The zero-order valence-corrected chi connectivity index (χ0v) is 17.1. The smallest absolute Gasteiger partial charge is 0.219 e. The Morgan fingerprint density at radius 1 is 1.25 bits per heavy atom. The minimum atomic E-state index is -0.0535. The zero-order valence-electron chi connectivity index (χ0n) is 16.3. The first-order chi connectivity index (χ1) is 13.5. The van der Waals surface area contributed by atoms with E-state index in [1.807, 2.05) is 43.3 Å². The molecule has 1 atom stereocenters. The Morgan fingerprint density at radius 2 is 2.04 bits per heavy atom. The van der Waals surface area contributed by atoms with Crippen molar-refractivity contribution >= 4 is 29.3 Å². The second kappa shape index (κ2) is 9.60. The Balaban J connectivity index is 1.62. The van der Waals surface area contributed by atoms with Crippen molar-refractivity contribution in [2.45, 2.75) is 39.2 Å². The average Bonchev–Trinajstić information content (AvgIpc) is 2.69. The number of nitrogens with one attached hydrogen (secondary N) is 1. The van der Waals surface area contributed by atoms with Gasteiger partial charge in [0.2, 0.25) is 11.8 Å². The number of anilines is 1. The Hall–Kier alpha value is -2.53. The molecule has 0 spiro atoms. The van der Waals surface area contributed by atoms with Crippen molar-refractivity contribution in [3.8, 4) is 11.6 Å². The summed E-state index contributed by atoms with van der Waals surface area (Å²) in [5, 5.41) is 3.38. The van der Waals surface area contributed by atoms with Gasteiger partial charge in [-0.25, -0.2) is 4.98 Å². The van der Waals surface area contributed by atoms with E-state index in [-0.39, 0.29) is 11.9 Å². The number of carbonyl (C=O) groups is 1. The molecule has 148 valence electrons. The van der Waals surface area contributed by atoms with E-state index in [0.717, 1.165) is 24.3 Å². The number of ether oxygens (including phenoxy) is 1. The van der Waals surface area contributed by atoms with Crippen LogP contribution in [0.5, 0.6) is 11.6 Å². The number of piperidine rings is 1. The van der Waals surface area contributed by atoms with Crippen LogP contribution in [0.15, 0.2) is 42.6 Å². The van der Waals surface area contributed by atoms with Gasteiger partial charge in [-0.15, -0.1) is 0 Å². The summed E-state index contributed by atoms with van der Waals surface area (Å²) in [6.45, 7) is 5.57. The molecule has 1 aromatic heterocycles. The fourth-order valence-corrected chi connectivity index (χ4v) is 3.42. The number of nitrogens with zero attached hydrogens (tertiary/aromatic N) is 2. The molecule has 0 saturated carbocycles. The molecular weight excluding hydrogens is 374 g/mol. The van der Waals surface area contributed by atoms with E-state index in [2.05, 4.69) is 15.2 Å². The normalized spacial score (nSPS) is 15.5. The van der Waals surface area contributed by atoms with Gasteiger partial charge in [0, 0.05) is 44.0 Å². The van der Waals surface area contributed by atoms with Crippen molar-refractivity contribution in [2.24, 2.45) is 0 Å². The Bertz CT molecular complexity index is 830. The van der Waals surface area contributed by atoms with Gasteiger partial charge in [-0.2, -0.15) is 0 Å². The fraction of sp³-hybridized carbons (Fsp3) is 0.364. The molecule has 1 saturated heterocycles. The van der Waals surface area contributed by atoms with E-state index >= 15 is 0 Å². The van der Waals surface area contributed by atoms with Crippen LogP contribution < -0.4 is 15.0 Å². The molecule has 3 rings (SSSR count). The molecule has 1 N–H and O–H groups in total. The van der Waals surface area contributed by atoms with Gasteiger partial charge >= 0.3 is 0 Å². The van der Waals surface area contributed by atoms with Crippen molar-refractivity contribution in [1.29, 1.82) is 0 Å². The summed E-state index contributed by atoms with van der Waals surface area (Å²) in [7, 11) is 0. The third-order valence-electron chi connectivity index (χ3n) is 4.62. The first kappa shape index (κ1) is 20.2. The predicted molar refractivity (Wildman–Crippen MR) is 114 cm³/mol. The zero-order chi connectivity index (χ0) is 19.9. The number of benzene rings is 1. The van der Waals surface area contributed by atoms with Gasteiger partial charge in [0.15, 0.2) is 0 Å². The van der Waals surface area contributed by atoms with Crippen LogP contribution in [-0.2, 0) is 4.79 Å². The standard InChI is InChI=1S/C22H26ClN3O2/c1-16(25-17(2)27)6-7-18-8-11-22(24-15-18)28-21-10-9-19(14-20(21)23)26-12-4-3-5-13-26/h6-11,14-16H,3-5,12-13H2,1-2H3,(H,25,27)/b7-6+/t16-/m0/s1. The molecule has 28 heavy (non-hydrogen) atoms. The maximum Gasteiger partial charge on any atom is 0.219 e. The Labute approximate surface area is 171 Å². The average molecular weight is 400 g/mol. The molecule has 1 aromatic carbocycles. The lowest BCUT2D eigenvalue weighted by atomic mass is 10.1. The number of rotatable bonds is 6. The molecule has 1 aliphatic rings. The number of aromatic nitrogens is 1. The molecule has 5 nitrogen and oxygen atoms in total. The summed E-state index contributed by atoms with van der Waals surface area (Å²) in [6, 6.07) is 9.59. The number of halogens is 1. The van der Waals surface area contributed by atoms with Crippen molar-refractivity contribution in [3.05, 3.63) is 53.2 Å². The topological polar surface area (TPSA) is 54.5 Å². The summed E-state index contributed by atoms with van der Waals surface area (Å²) in [6.07, 6.45) is 9.30. The monoisotopic (exact) mass is 399 g/mol. The minimum absolute atomic E-state index is 0.0364. The van der Waals surface area contributed by atoms with Crippen LogP contribution in [0.2, 0.25) is 5.02 Å². The van der Waals surface area contributed by atoms with Crippen molar-refractivity contribution < 1.29 is 9.53 Å². The molecule has 0 unspecified atom stereocenters. The molecule has 0 bridgehead atoms. The summed E-state index contributed by atoms with van der Waals surface area (Å²) in [5.74, 6) is 1.03. The molecule has 1 fully saturated rings. The lowest BCUT2D eigenvalue weighted by molar-refractivity contribution is -0.119. The third-order valence-corrected chi connectivity index (χ3v) is 4.91. The third kappa shape index (κ3) is 5.73. The minimum Gasteiger partial charge on any atom is -0.437 e. The molecular formula is C22H26ClN3O2. The number of carbonyl (C=O) groups excluding carboxylic acids is 1. The van der Waals surface area contributed by atoms with Crippen molar-refractivity contribution in [2.75, 3.05) is 18.0 Å². The van der Waals surface area contributed by atoms with Gasteiger partial charge in [-0.05, 0) is 56.0 Å². The highest BCUT2D eigenvalue weighted by atomic mass is 35.5. The Kier molecular flexibility index (Phi) is 6.93. The molecule has 6 heteroatoms. The molecule has 2 aromatic rings. The van der Waals surface area contributed by atoms with E-state index in [1.54, 1.807) is 12.3 Å². The summed E-state index contributed by atoms with van der Waals surface area (Å²) < 4.78 is 5.84. The molecule has 1 aliphatic heterocycles. The highest BCUT2D eigenvalue weighted by Crippen LogP contribution is 2.33. The quantitative estimate of drug-likeness (QED) is 0.738. The van der Waals surface area contributed by atoms with E-state index < -0.39 is 0 Å². The summed E-state index contributed by atoms with van der Waals surface area (Å²) >= 11 is 6.43. The van der Waals surface area contributed by atoms with Crippen LogP contribution in [0.3, 0.4) is 0 Å². The predicted octanol–water partition coefficient (Wildman–Crippen LogP) is 5.06. The van der Waals surface area contributed by atoms with Crippen LogP contribution in [0.4, 0.5) is 5.69 Å². The number of hydrogen-bond donors (Lipinski definition) is 1. The first-order valence-electron chi connectivity index (χ1n) is 9.65. The van der Waals surface area contributed by atoms with Gasteiger partial charge in [-0.3, -0.25) is 4.79 Å².